The van der Waals surface area contributed by atoms with Crippen LogP contribution in [0.15, 0.2) is 24.4 Å². The van der Waals surface area contributed by atoms with Gasteiger partial charge in [-0.25, -0.2) is 4.98 Å². The molecule has 0 amide bonds. The van der Waals surface area contributed by atoms with Crippen molar-refractivity contribution in [1.82, 2.24) is 14.9 Å². The summed E-state index contributed by atoms with van der Waals surface area (Å²) in [6, 6.07) is 6.79. The fourth-order valence-corrected chi connectivity index (χ4v) is 4.17. The molecule has 0 radical (unpaired) electrons. The van der Waals surface area contributed by atoms with Gasteiger partial charge in [-0.2, -0.15) is 0 Å². The SMILES string of the molecule is c1cc2c(cc1-c1cnc3n1C[C@H](CNC1CCCC1)OC3)OCCO2. The number of benzene rings is 1. The van der Waals surface area contributed by atoms with E-state index in [1.165, 1.54) is 25.7 Å². The van der Waals surface area contributed by atoms with Crippen molar-refractivity contribution in [3.05, 3.63) is 30.2 Å². The first-order valence-corrected chi connectivity index (χ1v) is 9.66. The minimum absolute atomic E-state index is 0.188. The molecule has 2 aliphatic heterocycles. The first-order valence-electron chi connectivity index (χ1n) is 9.66. The zero-order chi connectivity index (χ0) is 17.3. The summed E-state index contributed by atoms with van der Waals surface area (Å²) in [6.07, 6.45) is 7.42. The monoisotopic (exact) mass is 355 g/mol. The molecule has 0 saturated heterocycles. The summed E-state index contributed by atoms with van der Waals surface area (Å²) in [7, 11) is 0. The number of ether oxygens (including phenoxy) is 3. The fraction of sp³-hybridized carbons (Fsp3) is 0.550. The van der Waals surface area contributed by atoms with Crippen LogP contribution in [0.4, 0.5) is 0 Å². The van der Waals surface area contributed by atoms with E-state index >= 15 is 0 Å². The molecule has 1 atom stereocenters. The summed E-state index contributed by atoms with van der Waals surface area (Å²) < 4.78 is 19.7. The molecule has 0 unspecified atom stereocenters. The molecule has 1 aromatic carbocycles. The van der Waals surface area contributed by atoms with Gasteiger partial charge in [0.15, 0.2) is 11.5 Å². The number of nitrogens with one attached hydrogen (secondary N) is 1. The van der Waals surface area contributed by atoms with Crippen LogP contribution in [0.2, 0.25) is 0 Å². The first-order chi connectivity index (χ1) is 12.9. The Bertz CT molecular complexity index is 783. The minimum Gasteiger partial charge on any atom is -0.486 e. The van der Waals surface area contributed by atoms with E-state index in [2.05, 4.69) is 27.0 Å². The van der Waals surface area contributed by atoms with Crippen molar-refractivity contribution in [2.45, 2.75) is 51.0 Å². The van der Waals surface area contributed by atoms with Crippen LogP contribution in [0.5, 0.6) is 11.5 Å². The highest BCUT2D eigenvalue weighted by molar-refractivity contribution is 5.64. The summed E-state index contributed by atoms with van der Waals surface area (Å²) in [5.41, 5.74) is 2.23. The largest absolute Gasteiger partial charge is 0.486 e. The third-order valence-electron chi connectivity index (χ3n) is 5.60. The Balaban J connectivity index is 1.34. The molecule has 1 aliphatic carbocycles. The Hall–Kier alpha value is -2.05. The molecule has 1 fully saturated rings. The highest BCUT2D eigenvalue weighted by Crippen LogP contribution is 2.35. The van der Waals surface area contributed by atoms with Crippen LogP contribution >= 0.6 is 0 Å². The predicted octanol–water partition coefficient (Wildman–Crippen LogP) is 2.75. The van der Waals surface area contributed by atoms with E-state index in [1.54, 1.807) is 0 Å². The summed E-state index contributed by atoms with van der Waals surface area (Å²) in [4.78, 5) is 4.56. The normalized spacial score (nSPS) is 22.4. The number of rotatable bonds is 4. The quantitative estimate of drug-likeness (QED) is 0.914. The van der Waals surface area contributed by atoms with Crippen molar-refractivity contribution in [3.8, 4) is 22.8 Å². The van der Waals surface area contributed by atoms with Gasteiger partial charge in [-0.1, -0.05) is 12.8 Å². The molecule has 1 N–H and O–H groups in total. The second kappa shape index (κ2) is 6.93. The number of aromatic nitrogens is 2. The van der Waals surface area contributed by atoms with Gasteiger partial charge >= 0.3 is 0 Å². The van der Waals surface area contributed by atoms with E-state index in [0.29, 0.717) is 25.9 Å². The highest BCUT2D eigenvalue weighted by Gasteiger charge is 2.25. The Morgan fingerprint density at radius 2 is 1.96 bits per heavy atom. The number of imidazole rings is 1. The number of hydrogen-bond donors (Lipinski definition) is 1. The van der Waals surface area contributed by atoms with Gasteiger partial charge in [0, 0.05) is 18.2 Å². The summed E-state index contributed by atoms with van der Waals surface area (Å²) in [5.74, 6) is 2.63. The molecule has 5 rings (SSSR count). The fourth-order valence-electron chi connectivity index (χ4n) is 4.17. The van der Waals surface area contributed by atoms with E-state index in [4.69, 9.17) is 14.2 Å². The van der Waals surface area contributed by atoms with Crippen molar-refractivity contribution in [1.29, 1.82) is 0 Å². The third kappa shape index (κ3) is 3.08. The van der Waals surface area contributed by atoms with Crippen LogP contribution in [-0.4, -0.2) is 41.5 Å². The summed E-state index contributed by atoms with van der Waals surface area (Å²) >= 11 is 0. The van der Waals surface area contributed by atoms with Crippen molar-refractivity contribution < 1.29 is 14.2 Å². The molecule has 0 spiro atoms. The van der Waals surface area contributed by atoms with Crippen LogP contribution in [0.3, 0.4) is 0 Å². The number of hydrogen-bond acceptors (Lipinski definition) is 5. The van der Waals surface area contributed by atoms with Gasteiger partial charge in [0.2, 0.25) is 0 Å². The van der Waals surface area contributed by atoms with Crippen molar-refractivity contribution in [2.24, 2.45) is 0 Å². The lowest BCUT2D eigenvalue weighted by Gasteiger charge is -2.27. The van der Waals surface area contributed by atoms with Gasteiger partial charge in [0.25, 0.3) is 0 Å². The minimum atomic E-state index is 0.188. The van der Waals surface area contributed by atoms with Crippen molar-refractivity contribution >= 4 is 0 Å². The maximum Gasteiger partial charge on any atom is 0.162 e. The molecule has 3 heterocycles. The Morgan fingerprint density at radius 1 is 1.12 bits per heavy atom. The Morgan fingerprint density at radius 3 is 2.85 bits per heavy atom. The van der Waals surface area contributed by atoms with Gasteiger partial charge in [-0.15, -0.1) is 0 Å². The van der Waals surface area contributed by atoms with E-state index in [9.17, 15) is 0 Å². The van der Waals surface area contributed by atoms with Crippen molar-refractivity contribution in [2.75, 3.05) is 19.8 Å². The summed E-state index contributed by atoms with van der Waals surface area (Å²) in [5, 5.41) is 3.68. The third-order valence-corrected chi connectivity index (χ3v) is 5.60. The van der Waals surface area contributed by atoms with E-state index in [0.717, 1.165) is 41.7 Å². The predicted molar refractivity (Wildman–Crippen MR) is 97.5 cm³/mol. The molecule has 2 aromatic rings. The lowest BCUT2D eigenvalue weighted by Crippen LogP contribution is -2.39. The zero-order valence-electron chi connectivity index (χ0n) is 14.9. The molecule has 26 heavy (non-hydrogen) atoms. The van der Waals surface area contributed by atoms with Crippen LogP contribution < -0.4 is 14.8 Å². The second-order valence-electron chi connectivity index (χ2n) is 7.35. The van der Waals surface area contributed by atoms with E-state index in [1.807, 2.05) is 12.3 Å². The standard InChI is InChI=1S/C20H25N3O3/c1-2-4-15(3-1)21-10-16-12-23-17(11-22-20(23)13-26-16)14-5-6-18-19(9-14)25-8-7-24-18/h5-6,9,11,15-16,21H,1-4,7-8,10,12-13H2/t16-/m0/s1. The maximum absolute atomic E-state index is 6.01. The molecule has 1 saturated carbocycles. The van der Waals surface area contributed by atoms with Gasteiger partial charge in [0.1, 0.15) is 25.6 Å². The van der Waals surface area contributed by atoms with Gasteiger partial charge in [0.05, 0.1) is 24.5 Å². The Labute approximate surface area is 153 Å². The van der Waals surface area contributed by atoms with Gasteiger partial charge < -0.3 is 24.1 Å². The molecule has 1 aromatic heterocycles. The topological polar surface area (TPSA) is 57.5 Å². The molecule has 6 heteroatoms. The van der Waals surface area contributed by atoms with Gasteiger partial charge in [-0.3, -0.25) is 0 Å². The number of nitrogens with zero attached hydrogens (tertiary/aromatic N) is 2. The Kier molecular flexibility index (Phi) is 4.30. The molecule has 6 nitrogen and oxygen atoms in total. The van der Waals surface area contributed by atoms with Gasteiger partial charge in [-0.05, 0) is 31.0 Å². The summed E-state index contributed by atoms with van der Waals surface area (Å²) in [6.45, 7) is 3.52. The lowest BCUT2D eigenvalue weighted by atomic mass is 10.1. The first kappa shape index (κ1) is 16.1. The van der Waals surface area contributed by atoms with Crippen LogP contribution in [-0.2, 0) is 17.9 Å². The second-order valence-corrected chi connectivity index (χ2v) is 7.35. The zero-order valence-corrected chi connectivity index (χ0v) is 14.9. The molecule has 3 aliphatic rings. The number of fused-ring (bicyclic) bond motifs is 2. The van der Waals surface area contributed by atoms with E-state index in [-0.39, 0.29) is 6.10 Å². The van der Waals surface area contributed by atoms with Crippen LogP contribution in [0.1, 0.15) is 31.5 Å². The molecule has 0 bridgehead atoms. The lowest BCUT2D eigenvalue weighted by molar-refractivity contribution is 0.00206. The van der Waals surface area contributed by atoms with Crippen LogP contribution in [0, 0.1) is 0 Å². The molecule has 138 valence electrons. The highest BCUT2D eigenvalue weighted by atomic mass is 16.6. The average Bonchev–Trinajstić information content (AvgIpc) is 3.35. The van der Waals surface area contributed by atoms with Crippen LogP contribution in [0.25, 0.3) is 11.3 Å². The average molecular weight is 355 g/mol. The maximum atomic E-state index is 6.01. The van der Waals surface area contributed by atoms with Crippen molar-refractivity contribution in [3.63, 3.8) is 0 Å². The smallest absolute Gasteiger partial charge is 0.162 e. The molecular formula is C20H25N3O3. The molecular weight excluding hydrogens is 330 g/mol. The van der Waals surface area contributed by atoms with E-state index < -0.39 is 0 Å².